The maximum atomic E-state index is 13.0. The zero-order chi connectivity index (χ0) is 23.2. The Hall–Kier alpha value is -2.90. The van der Waals surface area contributed by atoms with E-state index in [4.69, 9.17) is 25.8 Å². The first-order valence-corrected chi connectivity index (χ1v) is 11.6. The standard InChI is InChI=1S/C25H30ClN3O4/c1-31-19-9-10-20-23(17-19)33-18-24(26)29(25(20)30)12-6-5-11-27-13-15-28(16-14-27)21-7-3-4-8-22(21)32-2/h3-4,7-10,17-18H,5-6,11-16H2,1-2H3. The molecule has 2 aliphatic rings. The van der Waals surface area contributed by atoms with E-state index in [1.165, 1.54) is 6.26 Å². The van der Waals surface area contributed by atoms with Gasteiger partial charge in [0, 0.05) is 38.8 Å². The lowest BCUT2D eigenvalue weighted by atomic mass is 10.1. The summed E-state index contributed by atoms with van der Waals surface area (Å²) < 4.78 is 16.3. The average molecular weight is 472 g/mol. The monoisotopic (exact) mass is 471 g/mol. The number of carbonyl (C=O) groups is 1. The molecule has 2 aromatic rings. The molecule has 7 nitrogen and oxygen atoms in total. The van der Waals surface area contributed by atoms with Crippen LogP contribution in [0.1, 0.15) is 23.2 Å². The Morgan fingerprint density at radius 2 is 1.73 bits per heavy atom. The van der Waals surface area contributed by atoms with Crippen molar-refractivity contribution in [3.8, 4) is 17.2 Å². The number of halogens is 1. The van der Waals surface area contributed by atoms with Gasteiger partial charge in [-0.1, -0.05) is 23.7 Å². The molecule has 0 unspecified atom stereocenters. The summed E-state index contributed by atoms with van der Waals surface area (Å²) in [5.41, 5.74) is 1.64. The number of fused-ring (bicyclic) bond motifs is 1. The fourth-order valence-electron chi connectivity index (χ4n) is 4.24. The van der Waals surface area contributed by atoms with E-state index < -0.39 is 0 Å². The molecule has 0 atom stereocenters. The second kappa shape index (κ2) is 10.8. The highest BCUT2D eigenvalue weighted by Crippen LogP contribution is 2.31. The van der Waals surface area contributed by atoms with Crippen LogP contribution in [0, 0.1) is 0 Å². The normalized spacial score (nSPS) is 16.6. The third-order valence-corrected chi connectivity index (χ3v) is 6.40. The first-order chi connectivity index (χ1) is 16.1. The Morgan fingerprint density at radius 3 is 2.48 bits per heavy atom. The van der Waals surface area contributed by atoms with E-state index in [1.807, 2.05) is 18.2 Å². The Labute approximate surface area is 200 Å². The van der Waals surface area contributed by atoms with Crippen molar-refractivity contribution in [2.24, 2.45) is 0 Å². The second-order valence-corrected chi connectivity index (χ2v) is 8.47. The molecule has 0 N–H and O–H groups in total. The number of nitrogens with zero attached hydrogens (tertiary/aromatic N) is 3. The smallest absolute Gasteiger partial charge is 0.262 e. The molecule has 2 aliphatic heterocycles. The van der Waals surface area contributed by atoms with Gasteiger partial charge in [0.05, 0.1) is 25.5 Å². The van der Waals surface area contributed by atoms with E-state index in [2.05, 4.69) is 15.9 Å². The number of para-hydroxylation sites is 2. The summed E-state index contributed by atoms with van der Waals surface area (Å²) in [6.07, 6.45) is 3.26. The number of hydrogen-bond acceptors (Lipinski definition) is 6. The highest BCUT2D eigenvalue weighted by atomic mass is 35.5. The average Bonchev–Trinajstić information content (AvgIpc) is 2.98. The van der Waals surface area contributed by atoms with Crippen molar-refractivity contribution < 1.29 is 19.0 Å². The number of methoxy groups -OCH3 is 2. The number of carbonyl (C=O) groups excluding carboxylic acids is 1. The molecule has 0 aromatic heterocycles. The van der Waals surface area contributed by atoms with Crippen molar-refractivity contribution in [3.63, 3.8) is 0 Å². The highest BCUT2D eigenvalue weighted by Gasteiger charge is 2.26. The Bertz CT molecular complexity index is 1000. The molecule has 1 saturated heterocycles. The molecule has 2 aromatic carbocycles. The second-order valence-electron chi connectivity index (χ2n) is 8.08. The van der Waals surface area contributed by atoms with Crippen molar-refractivity contribution in [3.05, 3.63) is 59.4 Å². The Balaban J connectivity index is 1.25. The molecule has 4 rings (SSSR count). The van der Waals surface area contributed by atoms with Crippen LogP contribution >= 0.6 is 11.6 Å². The number of benzene rings is 2. The molecule has 0 radical (unpaired) electrons. The van der Waals surface area contributed by atoms with Crippen LogP contribution in [0.4, 0.5) is 5.69 Å². The molecule has 0 saturated carbocycles. The van der Waals surface area contributed by atoms with E-state index in [0.29, 0.717) is 28.8 Å². The number of hydrogen-bond donors (Lipinski definition) is 0. The van der Waals surface area contributed by atoms with E-state index in [9.17, 15) is 4.79 Å². The van der Waals surface area contributed by atoms with Crippen LogP contribution < -0.4 is 19.1 Å². The number of anilines is 1. The predicted molar refractivity (Wildman–Crippen MR) is 129 cm³/mol. The minimum atomic E-state index is -0.156. The zero-order valence-electron chi connectivity index (χ0n) is 19.1. The van der Waals surface area contributed by atoms with Gasteiger partial charge >= 0.3 is 0 Å². The topological polar surface area (TPSA) is 54.5 Å². The minimum absolute atomic E-state index is 0.156. The van der Waals surface area contributed by atoms with Crippen molar-refractivity contribution in [1.29, 1.82) is 0 Å². The van der Waals surface area contributed by atoms with Crippen molar-refractivity contribution in [2.45, 2.75) is 12.8 Å². The fourth-order valence-corrected chi connectivity index (χ4v) is 4.44. The van der Waals surface area contributed by atoms with Crippen molar-refractivity contribution in [2.75, 3.05) is 58.4 Å². The molecule has 33 heavy (non-hydrogen) atoms. The molecular weight excluding hydrogens is 442 g/mol. The van der Waals surface area contributed by atoms with Crippen LogP contribution in [-0.4, -0.2) is 69.2 Å². The lowest BCUT2D eigenvalue weighted by molar-refractivity contribution is 0.0814. The van der Waals surface area contributed by atoms with Crippen LogP contribution in [0.2, 0.25) is 0 Å². The zero-order valence-corrected chi connectivity index (χ0v) is 19.9. The van der Waals surface area contributed by atoms with Gasteiger partial charge in [0.25, 0.3) is 5.91 Å². The van der Waals surface area contributed by atoms with Gasteiger partial charge in [0.15, 0.2) is 0 Å². The number of unbranched alkanes of at least 4 members (excludes halogenated alkanes) is 1. The van der Waals surface area contributed by atoms with E-state index in [1.54, 1.807) is 37.3 Å². The van der Waals surface area contributed by atoms with Crippen molar-refractivity contribution >= 4 is 23.2 Å². The molecule has 2 heterocycles. The predicted octanol–water partition coefficient (Wildman–Crippen LogP) is 4.18. The van der Waals surface area contributed by atoms with E-state index >= 15 is 0 Å². The Morgan fingerprint density at radius 1 is 0.970 bits per heavy atom. The summed E-state index contributed by atoms with van der Waals surface area (Å²) in [7, 11) is 3.29. The largest absolute Gasteiger partial charge is 0.497 e. The summed E-state index contributed by atoms with van der Waals surface area (Å²) in [4.78, 5) is 19.5. The number of piperazine rings is 1. The first-order valence-electron chi connectivity index (χ1n) is 11.2. The van der Waals surface area contributed by atoms with Gasteiger partial charge in [0.1, 0.15) is 28.7 Å². The maximum Gasteiger partial charge on any atom is 0.262 e. The summed E-state index contributed by atoms with van der Waals surface area (Å²) >= 11 is 6.36. The minimum Gasteiger partial charge on any atom is -0.497 e. The fraction of sp³-hybridized carbons (Fsp3) is 0.400. The Kier molecular flexibility index (Phi) is 7.62. The van der Waals surface area contributed by atoms with Crippen LogP contribution in [0.15, 0.2) is 53.9 Å². The summed E-state index contributed by atoms with van der Waals surface area (Å²) in [5.74, 6) is 1.84. The number of rotatable bonds is 8. The van der Waals surface area contributed by atoms with Gasteiger partial charge in [-0.05, 0) is 43.7 Å². The van der Waals surface area contributed by atoms with E-state index in [0.717, 1.165) is 57.0 Å². The summed E-state index contributed by atoms with van der Waals surface area (Å²) in [5, 5.41) is 0.292. The lowest BCUT2D eigenvalue weighted by Crippen LogP contribution is -2.46. The van der Waals surface area contributed by atoms with Gasteiger partial charge in [-0.2, -0.15) is 0 Å². The van der Waals surface area contributed by atoms with Crippen LogP contribution in [0.3, 0.4) is 0 Å². The van der Waals surface area contributed by atoms with Gasteiger partial charge in [-0.25, -0.2) is 0 Å². The third kappa shape index (κ3) is 5.37. The number of amides is 1. The SMILES string of the molecule is COc1ccc2c(c1)OC=C(Cl)N(CCCCN1CCN(c3ccccc3OC)CC1)C2=O. The molecule has 176 valence electrons. The van der Waals surface area contributed by atoms with E-state index in [-0.39, 0.29) is 5.91 Å². The van der Waals surface area contributed by atoms with Gasteiger partial charge in [0.2, 0.25) is 0 Å². The molecule has 0 bridgehead atoms. The summed E-state index contributed by atoms with van der Waals surface area (Å²) in [6.45, 7) is 5.49. The van der Waals surface area contributed by atoms with Crippen LogP contribution in [-0.2, 0) is 0 Å². The number of ether oxygens (including phenoxy) is 3. The maximum absolute atomic E-state index is 13.0. The molecule has 1 amide bonds. The molecule has 8 heteroatoms. The molecule has 0 aliphatic carbocycles. The third-order valence-electron chi connectivity index (χ3n) is 6.11. The summed E-state index contributed by atoms with van der Waals surface area (Å²) in [6, 6.07) is 13.3. The van der Waals surface area contributed by atoms with Crippen LogP contribution in [0.25, 0.3) is 0 Å². The van der Waals surface area contributed by atoms with Crippen molar-refractivity contribution in [1.82, 2.24) is 9.80 Å². The van der Waals surface area contributed by atoms with Gasteiger partial charge in [-0.15, -0.1) is 0 Å². The first kappa shape index (κ1) is 23.3. The molecular formula is C25H30ClN3O4. The lowest BCUT2D eigenvalue weighted by Gasteiger charge is -2.36. The quantitative estimate of drug-likeness (QED) is 0.425. The molecule has 0 spiro atoms. The van der Waals surface area contributed by atoms with Gasteiger partial charge < -0.3 is 19.1 Å². The van der Waals surface area contributed by atoms with Crippen LogP contribution in [0.5, 0.6) is 17.2 Å². The highest BCUT2D eigenvalue weighted by molar-refractivity contribution is 6.30. The molecule has 1 fully saturated rings. The van der Waals surface area contributed by atoms with Gasteiger partial charge in [-0.3, -0.25) is 14.6 Å².